The standard InChI is InChI=1S/C17H19BrN4O2/c1-11-9-12(18)4-5-14(11)21-16(23)15-6-7-19-17(22-15)20-10-13-3-2-8-24-13/h4-7,9,13H,2-3,8,10H2,1H3,(H,21,23)(H,19,20,22). The zero-order chi connectivity index (χ0) is 16.9. The number of anilines is 2. The van der Waals surface area contributed by atoms with E-state index >= 15 is 0 Å². The van der Waals surface area contributed by atoms with Crippen molar-refractivity contribution in [1.82, 2.24) is 9.97 Å². The van der Waals surface area contributed by atoms with Crippen LogP contribution in [-0.4, -0.2) is 35.1 Å². The van der Waals surface area contributed by atoms with Crippen molar-refractivity contribution in [3.8, 4) is 0 Å². The van der Waals surface area contributed by atoms with Gasteiger partial charge in [-0.3, -0.25) is 4.79 Å². The van der Waals surface area contributed by atoms with Crippen LogP contribution in [-0.2, 0) is 4.74 Å². The van der Waals surface area contributed by atoms with Crippen molar-refractivity contribution < 1.29 is 9.53 Å². The lowest BCUT2D eigenvalue weighted by Crippen LogP contribution is -2.21. The molecule has 1 aliphatic heterocycles. The second kappa shape index (κ2) is 7.72. The topological polar surface area (TPSA) is 76.1 Å². The van der Waals surface area contributed by atoms with Crippen LogP contribution in [0, 0.1) is 6.92 Å². The van der Waals surface area contributed by atoms with E-state index in [2.05, 4.69) is 36.5 Å². The summed E-state index contributed by atoms with van der Waals surface area (Å²) < 4.78 is 6.53. The van der Waals surface area contributed by atoms with E-state index in [1.807, 2.05) is 25.1 Å². The highest BCUT2D eigenvalue weighted by Crippen LogP contribution is 2.20. The number of benzene rings is 1. The number of amides is 1. The number of nitrogens with zero attached hydrogens (tertiary/aromatic N) is 2. The Morgan fingerprint density at radius 2 is 2.29 bits per heavy atom. The molecule has 0 spiro atoms. The number of hydrogen-bond donors (Lipinski definition) is 2. The van der Waals surface area contributed by atoms with Gasteiger partial charge in [-0.25, -0.2) is 9.97 Å². The molecule has 2 N–H and O–H groups in total. The van der Waals surface area contributed by atoms with Crippen molar-refractivity contribution in [2.45, 2.75) is 25.9 Å². The van der Waals surface area contributed by atoms with E-state index in [0.29, 0.717) is 18.2 Å². The van der Waals surface area contributed by atoms with Gasteiger partial charge in [-0.1, -0.05) is 15.9 Å². The van der Waals surface area contributed by atoms with Crippen LogP contribution in [0.15, 0.2) is 34.9 Å². The summed E-state index contributed by atoms with van der Waals surface area (Å²) >= 11 is 3.41. The Morgan fingerprint density at radius 3 is 3.04 bits per heavy atom. The number of aryl methyl sites for hydroxylation is 1. The number of halogens is 1. The van der Waals surface area contributed by atoms with Crippen molar-refractivity contribution >= 4 is 33.5 Å². The van der Waals surface area contributed by atoms with Gasteiger partial charge in [0.25, 0.3) is 5.91 Å². The largest absolute Gasteiger partial charge is 0.376 e. The van der Waals surface area contributed by atoms with E-state index in [4.69, 9.17) is 4.74 Å². The highest BCUT2D eigenvalue weighted by Gasteiger charge is 2.16. The summed E-state index contributed by atoms with van der Waals surface area (Å²) in [5, 5.41) is 6.01. The van der Waals surface area contributed by atoms with Crippen molar-refractivity contribution in [2.24, 2.45) is 0 Å². The van der Waals surface area contributed by atoms with E-state index in [1.54, 1.807) is 12.3 Å². The van der Waals surface area contributed by atoms with Gasteiger partial charge < -0.3 is 15.4 Å². The fourth-order valence-electron chi connectivity index (χ4n) is 2.53. The molecule has 24 heavy (non-hydrogen) atoms. The van der Waals surface area contributed by atoms with Crippen LogP contribution >= 0.6 is 15.9 Å². The molecule has 0 aliphatic carbocycles. The van der Waals surface area contributed by atoms with Gasteiger partial charge in [0, 0.05) is 29.5 Å². The minimum atomic E-state index is -0.261. The minimum absolute atomic E-state index is 0.191. The first-order chi connectivity index (χ1) is 11.6. The van der Waals surface area contributed by atoms with Crippen molar-refractivity contribution in [2.75, 3.05) is 23.8 Å². The molecule has 0 radical (unpaired) electrons. The average Bonchev–Trinajstić information content (AvgIpc) is 3.09. The lowest BCUT2D eigenvalue weighted by molar-refractivity contribution is 0.102. The average molecular weight is 391 g/mol. The molecule has 6 nitrogen and oxygen atoms in total. The lowest BCUT2D eigenvalue weighted by atomic mass is 10.2. The maximum Gasteiger partial charge on any atom is 0.274 e. The maximum atomic E-state index is 12.4. The Kier molecular flexibility index (Phi) is 5.42. The Balaban J connectivity index is 1.65. The lowest BCUT2D eigenvalue weighted by Gasteiger charge is -2.11. The van der Waals surface area contributed by atoms with Gasteiger partial charge >= 0.3 is 0 Å². The summed E-state index contributed by atoms with van der Waals surface area (Å²) in [5.74, 6) is 0.175. The third-order valence-corrected chi connectivity index (χ3v) is 4.33. The molecule has 1 aliphatic rings. The second-order valence-corrected chi connectivity index (χ2v) is 6.61. The first-order valence-corrected chi connectivity index (χ1v) is 8.67. The summed E-state index contributed by atoms with van der Waals surface area (Å²) in [4.78, 5) is 20.8. The number of carbonyl (C=O) groups is 1. The summed E-state index contributed by atoms with van der Waals surface area (Å²) in [6.45, 7) is 3.40. The molecule has 1 atom stereocenters. The number of carbonyl (C=O) groups excluding carboxylic acids is 1. The van der Waals surface area contributed by atoms with Crippen molar-refractivity contribution in [3.63, 3.8) is 0 Å². The molecule has 1 aromatic heterocycles. The molecule has 1 fully saturated rings. The monoisotopic (exact) mass is 390 g/mol. The molecule has 0 saturated carbocycles. The second-order valence-electron chi connectivity index (χ2n) is 5.69. The Labute approximate surface area is 149 Å². The minimum Gasteiger partial charge on any atom is -0.376 e. The van der Waals surface area contributed by atoms with Gasteiger partial charge in [0.05, 0.1) is 6.10 Å². The van der Waals surface area contributed by atoms with Crippen LogP contribution in [0.1, 0.15) is 28.9 Å². The van der Waals surface area contributed by atoms with Gasteiger partial charge in [-0.15, -0.1) is 0 Å². The molecule has 126 valence electrons. The van der Waals surface area contributed by atoms with E-state index in [9.17, 15) is 4.79 Å². The Morgan fingerprint density at radius 1 is 1.42 bits per heavy atom. The van der Waals surface area contributed by atoms with Crippen LogP contribution in [0.2, 0.25) is 0 Å². The first kappa shape index (κ1) is 16.9. The summed E-state index contributed by atoms with van der Waals surface area (Å²) in [6.07, 6.45) is 3.89. The van der Waals surface area contributed by atoms with E-state index in [0.717, 1.165) is 35.2 Å². The molecule has 1 unspecified atom stereocenters. The smallest absolute Gasteiger partial charge is 0.274 e. The Hall–Kier alpha value is -1.99. The maximum absolute atomic E-state index is 12.4. The molecular formula is C17H19BrN4O2. The van der Waals surface area contributed by atoms with Crippen LogP contribution < -0.4 is 10.6 Å². The number of aromatic nitrogens is 2. The SMILES string of the molecule is Cc1cc(Br)ccc1NC(=O)c1ccnc(NCC2CCCO2)n1. The molecule has 1 saturated heterocycles. The van der Waals surface area contributed by atoms with Gasteiger partial charge in [0.15, 0.2) is 0 Å². The third-order valence-electron chi connectivity index (χ3n) is 3.84. The number of ether oxygens (including phenoxy) is 1. The predicted octanol–water partition coefficient (Wildman–Crippen LogP) is 3.39. The molecule has 2 aromatic rings. The fraction of sp³-hybridized carbons (Fsp3) is 0.353. The van der Waals surface area contributed by atoms with Gasteiger partial charge in [0.2, 0.25) is 5.95 Å². The molecule has 2 heterocycles. The summed E-state index contributed by atoms with van der Waals surface area (Å²) in [6, 6.07) is 7.29. The quantitative estimate of drug-likeness (QED) is 0.817. The van der Waals surface area contributed by atoms with Crippen LogP contribution in [0.5, 0.6) is 0 Å². The fourth-order valence-corrected chi connectivity index (χ4v) is 3.01. The molecule has 1 amide bonds. The number of hydrogen-bond acceptors (Lipinski definition) is 5. The van der Waals surface area contributed by atoms with Crippen molar-refractivity contribution in [3.05, 3.63) is 46.2 Å². The normalized spacial score (nSPS) is 16.8. The summed E-state index contributed by atoms with van der Waals surface area (Å²) in [7, 11) is 0. The van der Waals surface area contributed by atoms with Crippen molar-refractivity contribution in [1.29, 1.82) is 0 Å². The predicted molar refractivity (Wildman–Crippen MR) is 96.3 cm³/mol. The van der Waals surface area contributed by atoms with Gasteiger partial charge in [0.1, 0.15) is 5.69 Å². The number of rotatable bonds is 5. The first-order valence-electron chi connectivity index (χ1n) is 7.88. The molecule has 3 rings (SSSR count). The number of nitrogens with one attached hydrogen (secondary N) is 2. The Bertz CT molecular complexity index is 732. The zero-order valence-electron chi connectivity index (χ0n) is 13.4. The van der Waals surface area contributed by atoms with Crippen LogP contribution in [0.25, 0.3) is 0 Å². The van der Waals surface area contributed by atoms with Crippen LogP contribution in [0.3, 0.4) is 0 Å². The van der Waals surface area contributed by atoms with Gasteiger partial charge in [-0.2, -0.15) is 0 Å². The molecule has 0 bridgehead atoms. The summed E-state index contributed by atoms with van der Waals surface area (Å²) in [5.41, 5.74) is 2.06. The van der Waals surface area contributed by atoms with E-state index < -0.39 is 0 Å². The molecular weight excluding hydrogens is 372 g/mol. The van der Waals surface area contributed by atoms with Gasteiger partial charge in [-0.05, 0) is 49.6 Å². The third kappa shape index (κ3) is 4.30. The zero-order valence-corrected chi connectivity index (χ0v) is 15.0. The van der Waals surface area contributed by atoms with E-state index in [-0.39, 0.29) is 12.0 Å². The highest BCUT2D eigenvalue weighted by molar-refractivity contribution is 9.10. The van der Waals surface area contributed by atoms with Crippen LogP contribution in [0.4, 0.5) is 11.6 Å². The van der Waals surface area contributed by atoms with E-state index in [1.165, 1.54) is 0 Å². The molecule has 1 aromatic carbocycles. The highest BCUT2D eigenvalue weighted by atomic mass is 79.9. The molecule has 7 heteroatoms.